The molecule has 0 saturated heterocycles. The predicted octanol–water partition coefficient (Wildman–Crippen LogP) is 3.92. The Kier molecular flexibility index (Phi) is 6.49. The molecule has 2 N–H and O–H groups in total. The van der Waals surface area contributed by atoms with Gasteiger partial charge in [-0.3, -0.25) is 4.79 Å². The third kappa shape index (κ3) is 5.20. The number of aliphatic hydroxyl groups excluding tert-OH is 1. The summed E-state index contributed by atoms with van der Waals surface area (Å²) in [5.41, 5.74) is 2.48. The number of carbonyl (C=O) groups is 1. The number of rotatable bonds is 7. The van der Waals surface area contributed by atoms with Crippen molar-refractivity contribution in [2.75, 3.05) is 11.1 Å². The normalized spacial score (nSPS) is 10.7. The summed E-state index contributed by atoms with van der Waals surface area (Å²) in [6, 6.07) is 17.4. The van der Waals surface area contributed by atoms with Gasteiger partial charge in [0.1, 0.15) is 0 Å². The molecule has 134 valence electrons. The topological polar surface area (TPSA) is 67.1 Å². The second-order valence-corrected chi connectivity index (χ2v) is 7.49. The van der Waals surface area contributed by atoms with Gasteiger partial charge in [-0.25, -0.2) is 4.98 Å². The van der Waals surface area contributed by atoms with Crippen LogP contribution >= 0.6 is 27.7 Å². The molecule has 3 aromatic rings. The second-order valence-electron chi connectivity index (χ2n) is 5.63. The molecule has 7 heteroatoms. The molecule has 0 aliphatic heterocycles. The lowest BCUT2D eigenvalue weighted by Crippen LogP contribution is -2.14. The van der Waals surface area contributed by atoms with Crippen LogP contribution in [-0.4, -0.2) is 26.3 Å². The fraction of sp³-hybridized carbons (Fsp3) is 0.158. The van der Waals surface area contributed by atoms with E-state index in [4.69, 9.17) is 0 Å². The minimum absolute atomic E-state index is 0.0999. The number of benzene rings is 2. The van der Waals surface area contributed by atoms with Gasteiger partial charge >= 0.3 is 0 Å². The van der Waals surface area contributed by atoms with Crippen LogP contribution in [0.4, 0.5) is 5.69 Å². The van der Waals surface area contributed by atoms with Gasteiger partial charge in [0.15, 0.2) is 5.16 Å². The number of aliphatic hydroxyl groups is 1. The molecule has 3 rings (SSSR count). The number of nitrogens with zero attached hydrogens (tertiary/aromatic N) is 2. The highest BCUT2D eigenvalue weighted by atomic mass is 79.9. The number of aromatic nitrogens is 2. The van der Waals surface area contributed by atoms with E-state index in [-0.39, 0.29) is 18.3 Å². The largest absolute Gasteiger partial charge is 0.390 e. The van der Waals surface area contributed by atoms with Crippen LogP contribution in [0.2, 0.25) is 0 Å². The average molecular weight is 432 g/mol. The number of carbonyl (C=O) groups excluding carboxylic acids is 1. The Morgan fingerprint density at radius 2 is 1.88 bits per heavy atom. The molecule has 2 aromatic carbocycles. The lowest BCUT2D eigenvalue weighted by molar-refractivity contribution is -0.113. The number of thioether (sulfide) groups is 1. The van der Waals surface area contributed by atoms with Crippen LogP contribution in [0.3, 0.4) is 0 Å². The molecule has 1 amide bonds. The molecule has 1 aromatic heterocycles. The highest BCUT2D eigenvalue weighted by Gasteiger charge is 2.11. The molecule has 0 atom stereocenters. The lowest BCUT2D eigenvalue weighted by atomic mass is 10.2. The van der Waals surface area contributed by atoms with E-state index in [0.717, 1.165) is 15.7 Å². The number of hydrogen-bond donors (Lipinski definition) is 2. The van der Waals surface area contributed by atoms with Crippen molar-refractivity contribution in [2.45, 2.75) is 18.3 Å². The molecule has 0 radical (unpaired) electrons. The zero-order valence-electron chi connectivity index (χ0n) is 13.9. The van der Waals surface area contributed by atoms with Crippen LogP contribution in [0.5, 0.6) is 0 Å². The van der Waals surface area contributed by atoms with Gasteiger partial charge in [-0.1, -0.05) is 58.0 Å². The highest BCUT2D eigenvalue weighted by Crippen LogP contribution is 2.20. The summed E-state index contributed by atoms with van der Waals surface area (Å²) in [6.45, 7) is 0.519. The maximum Gasteiger partial charge on any atom is 0.234 e. The second kappa shape index (κ2) is 9.02. The molecule has 1 heterocycles. The van der Waals surface area contributed by atoms with E-state index in [1.807, 2.05) is 65.4 Å². The van der Waals surface area contributed by atoms with Crippen molar-refractivity contribution in [1.29, 1.82) is 0 Å². The van der Waals surface area contributed by atoms with Gasteiger partial charge < -0.3 is 15.0 Å². The van der Waals surface area contributed by atoms with Crippen LogP contribution in [0.25, 0.3) is 0 Å². The van der Waals surface area contributed by atoms with Crippen molar-refractivity contribution in [1.82, 2.24) is 9.55 Å². The van der Waals surface area contributed by atoms with E-state index >= 15 is 0 Å². The van der Waals surface area contributed by atoms with E-state index < -0.39 is 0 Å². The molecule has 0 saturated carbocycles. The first kappa shape index (κ1) is 18.7. The smallest absolute Gasteiger partial charge is 0.234 e. The summed E-state index contributed by atoms with van der Waals surface area (Å²) in [5, 5.41) is 12.9. The number of anilines is 1. The molecule has 0 fully saturated rings. The summed E-state index contributed by atoms with van der Waals surface area (Å²) >= 11 is 4.72. The van der Waals surface area contributed by atoms with Crippen molar-refractivity contribution in [3.63, 3.8) is 0 Å². The van der Waals surface area contributed by atoms with E-state index in [1.165, 1.54) is 11.8 Å². The highest BCUT2D eigenvalue weighted by molar-refractivity contribution is 9.10. The van der Waals surface area contributed by atoms with Gasteiger partial charge in [-0.05, 0) is 29.8 Å². The summed E-state index contributed by atoms with van der Waals surface area (Å²) in [7, 11) is 0. The zero-order valence-corrected chi connectivity index (χ0v) is 16.3. The first-order valence-electron chi connectivity index (χ1n) is 8.03. The van der Waals surface area contributed by atoms with Gasteiger partial charge in [0.25, 0.3) is 0 Å². The van der Waals surface area contributed by atoms with E-state index in [9.17, 15) is 9.90 Å². The Morgan fingerprint density at radius 1 is 1.15 bits per heavy atom. The monoisotopic (exact) mass is 431 g/mol. The van der Waals surface area contributed by atoms with Crippen LogP contribution in [0.1, 0.15) is 11.3 Å². The summed E-state index contributed by atoms with van der Waals surface area (Å²) in [4.78, 5) is 16.6. The molecule has 0 aliphatic rings. The fourth-order valence-corrected chi connectivity index (χ4v) is 3.46. The molecular formula is C19H18BrN3O2S. The minimum Gasteiger partial charge on any atom is -0.390 e. The summed E-state index contributed by atoms with van der Waals surface area (Å²) < 4.78 is 2.92. The minimum atomic E-state index is -0.125. The third-order valence-electron chi connectivity index (χ3n) is 3.61. The van der Waals surface area contributed by atoms with Gasteiger partial charge in [0.2, 0.25) is 5.91 Å². The third-order valence-corrected chi connectivity index (χ3v) is 5.13. The van der Waals surface area contributed by atoms with Crippen molar-refractivity contribution in [3.8, 4) is 0 Å². The van der Waals surface area contributed by atoms with Crippen molar-refractivity contribution in [3.05, 3.63) is 76.5 Å². The average Bonchev–Trinajstić information content (AvgIpc) is 3.05. The van der Waals surface area contributed by atoms with Gasteiger partial charge in [-0.2, -0.15) is 0 Å². The quantitative estimate of drug-likeness (QED) is 0.556. The van der Waals surface area contributed by atoms with Gasteiger partial charge in [-0.15, -0.1) is 0 Å². The Balaban J connectivity index is 1.64. The molecule has 0 spiro atoms. The van der Waals surface area contributed by atoms with Crippen molar-refractivity contribution >= 4 is 39.3 Å². The van der Waals surface area contributed by atoms with Crippen molar-refractivity contribution < 1.29 is 9.90 Å². The van der Waals surface area contributed by atoms with Crippen LogP contribution in [-0.2, 0) is 17.9 Å². The molecule has 0 aliphatic carbocycles. The summed E-state index contributed by atoms with van der Waals surface area (Å²) in [5.74, 6) is 0.143. The molecule has 5 nitrogen and oxygen atoms in total. The number of imidazole rings is 1. The van der Waals surface area contributed by atoms with Crippen LogP contribution in [0, 0.1) is 0 Å². The number of halogens is 1. The van der Waals surface area contributed by atoms with E-state index in [0.29, 0.717) is 17.4 Å². The molecule has 26 heavy (non-hydrogen) atoms. The number of amides is 1. The first-order chi connectivity index (χ1) is 12.6. The fourth-order valence-electron chi connectivity index (χ4n) is 2.40. The number of hydrogen-bond acceptors (Lipinski definition) is 4. The Bertz CT molecular complexity index is 866. The maximum absolute atomic E-state index is 12.2. The first-order valence-corrected chi connectivity index (χ1v) is 9.81. The van der Waals surface area contributed by atoms with Crippen molar-refractivity contribution in [2.24, 2.45) is 0 Å². The Labute approximate surface area is 164 Å². The standard InChI is InChI=1S/C19H18BrN3O2S/c20-15-6-8-16(9-7-15)21-18(25)13-26-19-22-17(12-24)11-23(19)10-14-4-2-1-3-5-14/h1-9,11,24H,10,12-13H2,(H,21,25). The number of nitrogens with one attached hydrogen (secondary N) is 1. The van der Waals surface area contributed by atoms with Gasteiger partial charge in [0, 0.05) is 22.9 Å². The SMILES string of the molecule is O=C(CSc1nc(CO)cn1Cc1ccccc1)Nc1ccc(Br)cc1. The van der Waals surface area contributed by atoms with Gasteiger partial charge in [0.05, 0.1) is 18.1 Å². The van der Waals surface area contributed by atoms with E-state index in [2.05, 4.69) is 26.2 Å². The maximum atomic E-state index is 12.2. The van der Waals surface area contributed by atoms with E-state index in [1.54, 1.807) is 0 Å². The Hall–Kier alpha value is -2.09. The molecule has 0 unspecified atom stereocenters. The lowest BCUT2D eigenvalue weighted by Gasteiger charge is -2.08. The molecule has 0 bridgehead atoms. The summed E-state index contributed by atoms with van der Waals surface area (Å²) in [6.07, 6.45) is 1.82. The molecular weight excluding hydrogens is 414 g/mol. The predicted molar refractivity (Wildman–Crippen MR) is 107 cm³/mol. The Morgan fingerprint density at radius 3 is 2.58 bits per heavy atom. The zero-order chi connectivity index (χ0) is 18.4. The van der Waals surface area contributed by atoms with Crippen LogP contribution in [0.15, 0.2) is 70.4 Å². The van der Waals surface area contributed by atoms with Crippen LogP contribution < -0.4 is 5.32 Å².